The standard InChI is InChI=1S/C15H25BrN2O/c1-4-5-12-6-8-15(19,9-7-12)14-13(16)10-17-18(14)11(2)3/h10-12,19H,4-9H2,1-3H3. The molecule has 0 aromatic carbocycles. The second-order valence-electron chi connectivity index (χ2n) is 6.14. The van der Waals surface area contributed by atoms with Crippen LogP contribution in [0.4, 0.5) is 0 Å². The second-order valence-corrected chi connectivity index (χ2v) is 7.00. The van der Waals surface area contributed by atoms with E-state index in [1.807, 2.05) is 10.9 Å². The summed E-state index contributed by atoms with van der Waals surface area (Å²) in [5.74, 6) is 0.791. The van der Waals surface area contributed by atoms with Crippen molar-refractivity contribution in [3.8, 4) is 0 Å². The van der Waals surface area contributed by atoms with Gasteiger partial charge in [-0.25, -0.2) is 0 Å². The summed E-state index contributed by atoms with van der Waals surface area (Å²) in [4.78, 5) is 0. The lowest BCUT2D eigenvalue weighted by Crippen LogP contribution is -2.34. The molecule has 4 heteroatoms. The van der Waals surface area contributed by atoms with Crippen molar-refractivity contribution < 1.29 is 5.11 Å². The molecule has 1 aromatic heterocycles. The van der Waals surface area contributed by atoms with Crippen LogP contribution in [0.5, 0.6) is 0 Å². The number of hydrogen-bond acceptors (Lipinski definition) is 2. The van der Waals surface area contributed by atoms with Crippen LogP contribution in [-0.4, -0.2) is 14.9 Å². The molecule has 1 aliphatic carbocycles. The molecule has 0 saturated heterocycles. The molecule has 3 nitrogen and oxygen atoms in total. The van der Waals surface area contributed by atoms with Gasteiger partial charge in [-0.2, -0.15) is 5.10 Å². The topological polar surface area (TPSA) is 38.1 Å². The van der Waals surface area contributed by atoms with Gasteiger partial charge in [0, 0.05) is 6.04 Å². The van der Waals surface area contributed by atoms with Crippen molar-refractivity contribution in [1.82, 2.24) is 9.78 Å². The summed E-state index contributed by atoms with van der Waals surface area (Å²) in [6.07, 6.45) is 8.31. The van der Waals surface area contributed by atoms with Gasteiger partial charge in [-0.15, -0.1) is 0 Å². The first-order valence-corrected chi connectivity index (χ1v) is 8.23. The zero-order chi connectivity index (χ0) is 14.0. The highest BCUT2D eigenvalue weighted by Crippen LogP contribution is 2.43. The quantitative estimate of drug-likeness (QED) is 0.889. The van der Waals surface area contributed by atoms with Gasteiger partial charge in [-0.05, 0) is 61.4 Å². The van der Waals surface area contributed by atoms with Crippen LogP contribution in [0.1, 0.15) is 71.0 Å². The minimum atomic E-state index is -0.705. The van der Waals surface area contributed by atoms with Gasteiger partial charge >= 0.3 is 0 Å². The molecule has 0 unspecified atom stereocenters. The number of halogens is 1. The molecule has 108 valence electrons. The van der Waals surface area contributed by atoms with E-state index in [9.17, 15) is 5.11 Å². The van der Waals surface area contributed by atoms with E-state index in [1.165, 1.54) is 12.8 Å². The van der Waals surface area contributed by atoms with Crippen molar-refractivity contribution >= 4 is 15.9 Å². The van der Waals surface area contributed by atoms with E-state index in [2.05, 4.69) is 41.8 Å². The predicted octanol–water partition coefficient (Wildman–Crippen LogP) is 4.40. The van der Waals surface area contributed by atoms with E-state index < -0.39 is 5.60 Å². The van der Waals surface area contributed by atoms with Gasteiger partial charge in [0.25, 0.3) is 0 Å². The van der Waals surface area contributed by atoms with E-state index >= 15 is 0 Å². The molecule has 0 spiro atoms. The monoisotopic (exact) mass is 328 g/mol. The van der Waals surface area contributed by atoms with Crippen LogP contribution in [0.15, 0.2) is 10.7 Å². The Morgan fingerprint density at radius 2 is 2.11 bits per heavy atom. The maximum atomic E-state index is 11.0. The third kappa shape index (κ3) is 3.05. The first-order chi connectivity index (χ1) is 8.98. The summed E-state index contributed by atoms with van der Waals surface area (Å²) in [6.45, 7) is 6.45. The number of aliphatic hydroxyl groups is 1. The average molecular weight is 329 g/mol. The summed E-state index contributed by atoms with van der Waals surface area (Å²) in [5, 5.41) is 15.4. The Kier molecular flexibility index (Phi) is 4.72. The molecule has 0 atom stereocenters. The Labute approximate surface area is 124 Å². The fraction of sp³-hybridized carbons (Fsp3) is 0.800. The van der Waals surface area contributed by atoms with Gasteiger partial charge in [0.15, 0.2) is 0 Å². The maximum absolute atomic E-state index is 11.0. The van der Waals surface area contributed by atoms with Gasteiger partial charge in [0.1, 0.15) is 5.60 Å². The van der Waals surface area contributed by atoms with Crippen LogP contribution in [0, 0.1) is 5.92 Å². The molecule has 1 aromatic rings. The van der Waals surface area contributed by atoms with Gasteiger partial charge in [0.05, 0.1) is 16.4 Å². The summed E-state index contributed by atoms with van der Waals surface area (Å²) >= 11 is 3.56. The molecule has 1 heterocycles. The van der Waals surface area contributed by atoms with E-state index in [1.54, 1.807) is 0 Å². The smallest absolute Gasteiger partial charge is 0.107 e. The zero-order valence-corrected chi connectivity index (χ0v) is 13.8. The Morgan fingerprint density at radius 1 is 1.47 bits per heavy atom. The minimum Gasteiger partial charge on any atom is -0.384 e. The van der Waals surface area contributed by atoms with Gasteiger partial charge in [0.2, 0.25) is 0 Å². The summed E-state index contributed by atoms with van der Waals surface area (Å²) < 4.78 is 2.90. The van der Waals surface area contributed by atoms with Gasteiger partial charge in [-0.3, -0.25) is 4.68 Å². The van der Waals surface area contributed by atoms with Crippen molar-refractivity contribution in [2.45, 2.75) is 70.9 Å². The lowest BCUT2D eigenvalue weighted by molar-refractivity contribution is -0.0241. The fourth-order valence-corrected chi connectivity index (χ4v) is 3.90. The van der Waals surface area contributed by atoms with E-state index in [-0.39, 0.29) is 6.04 Å². The Balaban J connectivity index is 2.20. The summed E-state index contributed by atoms with van der Waals surface area (Å²) in [5.41, 5.74) is 0.265. The first kappa shape index (κ1) is 15.0. The molecule has 1 fully saturated rings. The van der Waals surface area contributed by atoms with Crippen molar-refractivity contribution in [2.24, 2.45) is 5.92 Å². The molecule has 0 radical (unpaired) electrons. The average Bonchev–Trinajstić information content (AvgIpc) is 2.76. The highest BCUT2D eigenvalue weighted by Gasteiger charge is 2.39. The number of nitrogens with zero attached hydrogens (tertiary/aromatic N) is 2. The van der Waals surface area contributed by atoms with Crippen LogP contribution >= 0.6 is 15.9 Å². The molecule has 2 rings (SSSR count). The van der Waals surface area contributed by atoms with Crippen molar-refractivity contribution in [1.29, 1.82) is 0 Å². The minimum absolute atomic E-state index is 0.277. The normalized spacial score (nSPS) is 28.0. The van der Waals surface area contributed by atoms with E-state index in [0.717, 1.165) is 41.8 Å². The van der Waals surface area contributed by atoms with Crippen molar-refractivity contribution in [3.63, 3.8) is 0 Å². The molecular formula is C15H25BrN2O. The van der Waals surface area contributed by atoms with Gasteiger partial charge in [-0.1, -0.05) is 19.8 Å². The SMILES string of the molecule is CCCC1CCC(O)(c2c(Br)cnn2C(C)C)CC1. The number of rotatable bonds is 4. The largest absolute Gasteiger partial charge is 0.384 e. The molecule has 0 bridgehead atoms. The third-order valence-corrected chi connectivity index (χ3v) is 4.89. The highest BCUT2D eigenvalue weighted by molar-refractivity contribution is 9.10. The fourth-order valence-electron chi connectivity index (χ4n) is 3.26. The summed E-state index contributed by atoms with van der Waals surface area (Å²) in [6, 6.07) is 0.277. The number of hydrogen-bond donors (Lipinski definition) is 1. The van der Waals surface area contributed by atoms with Crippen LogP contribution in [0.25, 0.3) is 0 Å². The van der Waals surface area contributed by atoms with Crippen LogP contribution < -0.4 is 0 Å². The Morgan fingerprint density at radius 3 is 2.63 bits per heavy atom. The highest BCUT2D eigenvalue weighted by atomic mass is 79.9. The van der Waals surface area contributed by atoms with Crippen molar-refractivity contribution in [3.05, 3.63) is 16.4 Å². The lowest BCUT2D eigenvalue weighted by Gasteiger charge is -2.37. The zero-order valence-electron chi connectivity index (χ0n) is 12.2. The predicted molar refractivity (Wildman–Crippen MR) is 81.1 cm³/mol. The van der Waals surface area contributed by atoms with Crippen LogP contribution in [0.2, 0.25) is 0 Å². The molecule has 0 amide bonds. The Hall–Kier alpha value is -0.350. The third-order valence-electron chi connectivity index (χ3n) is 4.31. The van der Waals surface area contributed by atoms with Gasteiger partial charge < -0.3 is 5.11 Å². The molecule has 19 heavy (non-hydrogen) atoms. The van der Waals surface area contributed by atoms with Crippen molar-refractivity contribution in [2.75, 3.05) is 0 Å². The summed E-state index contributed by atoms with van der Waals surface area (Å²) in [7, 11) is 0. The molecule has 0 aliphatic heterocycles. The van der Waals surface area contributed by atoms with E-state index in [0.29, 0.717) is 0 Å². The lowest BCUT2D eigenvalue weighted by atomic mass is 9.75. The Bertz CT molecular complexity index is 420. The maximum Gasteiger partial charge on any atom is 0.107 e. The van der Waals surface area contributed by atoms with Crippen LogP contribution in [0.3, 0.4) is 0 Å². The van der Waals surface area contributed by atoms with Crippen LogP contribution in [-0.2, 0) is 5.60 Å². The molecule has 1 N–H and O–H groups in total. The molecular weight excluding hydrogens is 304 g/mol. The second kappa shape index (κ2) is 5.96. The first-order valence-electron chi connectivity index (χ1n) is 7.43. The molecule has 1 aliphatic rings. The molecule has 1 saturated carbocycles. The number of aromatic nitrogens is 2. The van der Waals surface area contributed by atoms with E-state index in [4.69, 9.17) is 0 Å².